The fourth-order valence-corrected chi connectivity index (χ4v) is 3.96. The molecule has 0 radical (unpaired) electrons. The molecule has 0 fully saturated rings. The molecule has 0 aliphatic carbocycles. The van der Waals surface area contributed by atoms with Gasteiger partial charge in [0.25, 0.3) is 0 Å². The van der Waals surface area contributed by atoms with Gasteiger partial charge in [-0.05, 0) is 35.6 Å². The zero-order chi connectivity index (χ0) is 20.4. The van der Waals surface area contributed by atoms with Crippen LogP contribution >= 0.6 is 11.3 Å². The molecule has 0 saturated carbocycles. The zero-order valence-corrected chi connectivity index (χ0v) is 16.5. The molecule has 0 saturated heterocycles. The van der Waals surface area contributed by atoms with E-state index in [4.69, 9.17) is 15.2 Å². The molecular formula is C21H18N4O3S. The number of nitrogens with one attached hydrogen (secondary N) is 1. The van der Waals surface area contributed by atoms with Crippen molar-refractivity contribution in [3.8, 4) is 17.7 Å². The van der Waals surface area contributed by atoms with Crippen LogP contribution in [0.15, 0.2) is 53.2 Å². The molecule has 0 bridgehead atoms. The summed E-state index contributed by atoms with van der Waals surface area (Å²) in [5, 5.41) is 18.7. The van der Waals surface area contributed by atoms with E-state index < -0.39 is 11.9 Å². The van der Waals surface area contributed by atoms with Crippen LogP contribution in [-0.2, 0) is 6.42 Å². The van der Waals surface area contributed by atoms with Crippen molar-refractivity contribution in [3.63, 3.8) is 0 Å². The second kappa shape index (κ2) is 7.81. The average molecular weight is 406 g/mol. The van der Waals surface area contributed by atoms with Crippen molar-refractivity contribution >= 4 is 17.3 Å². The van der Waals surface area contributed by atoms with Gasteiger partial charge in [-0.1, -0.05) is 31.5 Å². The molecule has 2 aromatic heterocycles. The van der Waals surface area contributed by atoms with Gasteiger partial charge < -0.3 is 15.2 Å². The third-order valence-electron chi connectivity index (χ3n) is 4.66. The Morgan fingerprint density at radius 2 is 2.17 bits per heavy atom. The molecule has 0 amide bonds. The lowest BCUT2D eigenvalue weighted by molar-refractivity contribution is 0.0740. The first-order valence-electron chi connectivity index (χ1n) is 9.12. The molecule has 3 aromatic rings. The second-order valence-electron chi connectivity index (χ2n) is 6.53. The van der Waals surface area contributed by atoms with Crippen molar-refractivity contribution < 1.29 is 14.3 Å². The third kappa shape index (κ3) is 3.48. The molecule has 3 N–H and O–H groups in total. The first-order chi connectivity index (χ1) is 14.1. The molecule has 146 valence electrons. The van der Waals surface area contributed by atoms with Crippen molar-refractivity contribution in [2.24, 2.45) is 5.73 Å². The summed E-state index contributed by atoms with van der Waals surface area (Å²) in [6.45, 7) is 2.07. The van der Waals surface area contributed by atoms with Crippen LogP contribution in [0.25, 0.3) is 0 Å². The number of hydrogen-bond donors (Lipinski definition) is 2. The van der Waals surface area contributed by atoms with E-state index >= 15 is 0 Å². The van der Waals surface area contributed by atoms with Gasteiger partial charge in [-0.2, -0.15) is 5.26 Å². The SMILES string of the molecule is CCCc1[nH]nc2c1C(c1ccc(OC(=O)c3cccs3)cc1)C(C#N)=C(N)O2. The zero-order valence-electron chi connectivity index (χ0n) is 15.6. The lowest BCUT2D eigenvalue weighted by atomic mass is 9.83. The Morgan fingerprint density at radius 1 is 1.38 bits per heavy atom. The van der Waals surface area contributed by atoms with Crippen molar-refractivity contribution in [3.05, 3.63) is 74.9 Å². The van der Waals surface area contributed by atoms with Gasteiger partial charge >= 0.3 is 5.97 Å². The first-order valence-corrected chi connectivity index (χ1v) is 10.0. The minimum atomic E-state index is -0.400. The topological polar surface area (TPSA) is 114 Å². The van der Waals surface area contributed by atoms with Crippen LogP contribution in [0.2, 0.25) is 0 Å². The molecule has 1 aliphatic rings. The van der Waals surface area contributed by atoms with Crippen LogP contribution in [0.4, 0.5) is 0 Å². The van der Waals surface area contributed by atoms with Crippen molar-refractivity contribution in [1.29, 1.82) is 5.26 Å². The highest BCUT2D eigenvalue weighted by atomic mass is 32.1. The molecule has 29 heavy (non-hydrogen) atoms. The first kappa shape index (κ1) is 18.8. The maximum atomic E-state index is 12.1. The number of hydrogen-bond acceptors (Lipinski definition) is 7. The molecule has 8 heteroatoms. The van der Waals surface area contributed by atoms with E-state index in [2.05, 4.69) is 23.2 Å². The summed E-state index contributed by atoms with van der Waals surface area (Å²) in [6, 6.07) is 12.7. The number of esters is 1. The normalized spacial score (nSPS) is 15.4. The fourth-order valence-electron chi connectivity index (χ4n) is 3.36. The minimum Gasteiger partial charge on any atom is -0.422 e. The lowest BCUT2D eigenvalue weighted by Crippen LogP contribution is -2.21. The van der Waals surface area contributed by atoms with E-state index in [0.29, 0.717) is 22.1 Å². The molecule has 3 heterocycles. The lowest BCUT2D eigenvalue weighted by Gasteiger charge is -2.24. The Morgan fingerprint density at radius 3 is 2.83 bits per heavy atom. The quantitative estimate of drug-likeness (QED) is 0.491. The second-order valence-corrected chi connectivity index (χ2v) is 7.48. The van der Waals surface area contributed by atoms with E-state index in [0.717, 1.165) is 29.7 Å². The van der Waals surface area contributed by atoms with Crippen LogP contribution in [0.3, 0.4) is 0 Å². The van der Waals surface area contributed by atoms with Gasteiger partial charge in [0.2, 0.25) is 11.8 Å². The molecule has 1 unspecified atom stereocenters. The van der Waals surface area contributed by atoms with Gasteiger partial charge in [0.1, 0.15) is 22.3 Å². The molecule has 1 aliphatic heterocycles. The number of rotatable bonds is 5. The molecule has 4 rings (SSSR count). The Hall–Kier alpha value is -3.57. The number of aromatic nitrogens is 2. The molecule has 1 aromatic carbocycles. The van der Waals surface area contributed by atoms with Crippen LogP contribution < -0.4 is 15.2 Å². The number of carbonyl (C=O) groups is 1. The summed E-state index contributed by atoms with van der Waals surface area (Å²) >= 11 is 1.32. The van der Waals surface area contributed by atoms with E-state index in [1.165, 1.54) is 11.3 Å². The van der Waals surface area contributed by atoms with Crippen molar-refractivity contribution in [2.45, 2.75) is 25.7 Å². The summed E-state index contributed by atoms with van der Waals surface area (Å²) < 4.78 is 11.0. The summed E-state index contributed by atoms with van der Waals surface area (Å²) in [7, 11) is 0. The average Bonchev–Trinajstić information content (AvgIpc) is 3.39. The highest BCUT2D eigenvalue weighted by molar-refractivity contribution is 7.12. The number of carbonyl (C=O) groups excluding carboxylic acids is 1. The highest BCUT2D eigenvalue weighted by Crippen LogP contribution is 2.43. The van der Waals surface area contributed by atoms with E-state index in [9.17, 15) is 10.1 Å². The predicted molar refractivity (Wildman–Crippen MR) is 108 cm³/mol. The van der Waals surface area contributed by atoms with E-state index in [1.807, 2.05) is 17.5 Å². The largest absolute Gasteiger partial charge is 0.422 e. The predicted octanol–water partition coefficient (Wildman–Crippen LogP) is 3.86. The van der Waals surface area contributed by atoms with Gasteiger partial charge in [-0.25, -0.2) is 4.79 Å². The molecule has 0 spiro atoms. The van der Waals surface area contributed by atoms with Gasteiger partial charge in [0.05, 0.1) is 5.92 Å². The molecule has 7 nitrogen and oxygen atoms in total. The van der Waals surface area contributed by atoms with Gasteiger partial charge in [0, 0.05) is 11.3 Å². The Kier molecular flexibility index (Phi) is 5.06. The number of allylic oxidation sites excluding steroid dienone is 1. The fraction of sp³-hybridized carbons (Fsp3) is 0.190. The van der Waals surface area contributed by atoms with Crippen molar-refractivity contribution in [2.75, 3.05) is 0 Å². The van der Waals surface area contributed by atoms with Crippen molar-refractivity contribution in [1.82, 2.24) is 10.2 Å². The Bertz CT molecular complexity index is 1110. The Labute approximate surface area is 171 Å². The van der Waals surface area contributed by atoms with E-state index in [-0.39, 0.29) is 5.88 Å². The minimum absolute atomic E-state index is 0.0488. The van der Waals surface area contributed by atoms with Crippen LogP contribution in [0.5, 0.6) is 11.6 Å². The number of ether oxygens (including phenoxy) is 2. The van der Waals surface area contributed by atoms with E-state index in [1.54, 1.807) is 24.3 Å². The number of fused-ring (bicyclic) bond motifs is 1. The summed E-state index contributed by atoms with van der Waals surface area (Å²) in [5.74, 6) is 0.0703. The number of nitriles is 1. The molecule has 1 atom stereocenters. The van der Waals surface area contributed by atoms with Crippen LogP contribution in [0.1, 0.15) is 45.8 Å². The monoisotopic (exact) mass is 406 g/mol. The van der Waals surface area contributed by atoms with Crippen LogP contribution in [0, 0.1) is 11.3 Å². The number of aryl methyl sites for hydroxylation is 1. The summed E-state index contributed by atoms with van der Waals surface area (Å²) in [4.78, 5) is 12.7. The summed E-state index contributed by atoms with van der Waals surface area (Å²) in [5.41, 5.74) is 8.89. The number of aromatic amines is 1. The van der Waals surface area contributed by atoms with Gasteiger partial charge in [-0.3, -0.25) is 5.10 Å². The number of nitrogens with zero attached hydrogens (tertiary/aromatic N) is 2. The standard InChI is InChI=1S/C21H18N4O3S/c1-2-4-15-18-17(14(11-22)19(23)28-20(18)25-24-15)12-6-8-13(9-7-12)27-21(26)16-5-3-10-29-16/h3,5-10,17H,2,4,23H2,1H3,(H,24,25). The Balaban J connectivity index is 1.67. The number of nitrogens with two attached hydrogens (primary N) is 1. The number of benzene rings is 1. The maximum absolute atomic E-state index is 12.1. The highest BCUT2D eigenvalue weighted by Gasteiger charge is 2.34. The summed E-state index contributed by atoms with van der Waals surface area (Å²) in [6.07, 6.45) is 1.69. The maximum Gasteiger partial charge on any atom is 0.353 e. The van der Waals surface area contributed by atoms with Crippen LogP contribution in [-0.4, -0.2) is 16.2 Å². The smallest absolute Gasteiger partial charge is 0.353 e. The van der Waals surface area contributed by atoms with Gasteiger partial charge in [-0.15, -0.1) is 16.4 Å². The van der Waals surface area contributed by atoms with Gasteiger partial charge in [0.15, 0.2) is 0 Å². The third-order valence-corrected chi connectivity index (χ3v) is 5.51. The molecular weight excluding hydrogens is 388 g/mol. The number of H-pyrrole nitrogens is 1. The number of thiophene rings is 1.